The predicted molar refractivity (Wildman–Crippen MR) is 69.4 cm³/mol. The fraction of sp³-hybridized carbons (Fsp3) is 0.357. The van der Waals surface area contributed by atoms with E-state index in [0.29, 0.717) is 6.54 Å². The number of aromatic nitrogens is 2. The van der Waals surface area contributed by atoms with Gasteiger partial charge in [0.2, 0.25) is 0 Å². The van der Waals surface area contributed by atoms with Crippen molar-refractivity contribution in [1.82, 2.24) is 9.13 Å². The Balaban J connectivity index is 2.38. The van der Waals surface area contributed by atoms with Crippen LogP contribution in [0.4, 0.5) is 0 Å². The summed E-state index contributed by atoms with van der Waals surface area (Å²) in [7, 11) is 0. The average Bonchev–Trinajstić information content (AvgIpc) is 2.65. The lowest BCUT2D eigenvalue weighted by Gasteiger charge is -2.09. The standard InChI is InChI=1S/C14H18N2O/c1-4-15-8-9-16(14(15)17)10-13-11(2)6-5-7-12(13)3/h5-9H,4,10H2,1-3H3. The van der Waals surface area contributed by atoms with Crippen molar-refractivity contribution in [2.75, 3.05) is 0 Å². The molecule has 2 rings (SSSR count). The summed E-state index contributed by atoms with van der Waals surface area (Å²) in [6.07, 6.45) is 3.70. The summed E-state index contributed by atoms with van der Waals surface area (Å²) in [6.45, 7) is 7.53. The first-order chi connectivity index (χ1) is 8.13. The second-order valence-electron chi connectivity index (χ2n) is 4.36. The van der Waals surface area contributed by atoms with Crippen molar-refractivity contribution in [3.05, 3.63) is 57.8 Å². The van der Waals surface area contributed by atoms with Crippen molar-refractivity contribution in [2.24, 2.45) is 0 Å². The third kappa shape index (κ3) is 2.18. The van der Waals surface area contributed by atoms with E-state index in [0.717, 1.165) is 6.54 Å². The molecule has 0 aliphatic rings. The molecule has 0 fully saturated rings. The number of hydrogen-bond acceptors (Lipinski definition) is 1. The Hall–Kier alpha value is -1.77. The Kier molecular flexibility index (Phi) is 3.18. The Labute approximate surface area is 101 Å². The maximum Gasteiger partial charge on any atom is 0.328 e. The van der Waals surface area contributed by atoms with Gasteiger partial charge in [-0.2, -0.15) is 0 Å². The van der Waals surface area contributed by atoms with Crippen LogP contribution in [0.5, 0.6) is 0 Å². The highest BCUT2D eigenvalue weighted by molar-refractivity contribution is 5.33. The number of imidazole rings is 1. The van der Waals surface area contributed by atoms with Crippen LogP contribution in [0.25, 0.3) is 0 Å². The quantitative estimate of drug-likeness (QED) is 0.795. The number of benzene rings is 1. The van der Waals surface area contributed by atoms with E-state index in [-0.39, 0.29) is 5.69 Å². The molecule has 2 aromatic rings. The molecule has 3 heteroatoms. The molecular weight excluding hydrogens is 212 g/mol. The Morgan fingerprint density at radius 3 is 2.18 bits per heavy atom. The maximum atomic E-state index is 12.0. The van der Waals surface area contributed by atoms with E-state index in [9.17, 15) is 4.79 Å². The van der Waals surface area contributed by atoms with Gasteiger partial charge in [-0.1, -0.05) is 18.2 Å². The van der Waals surface area contributed by atoms with Crippen LogP contribution in [-0.2, 0) is 13.1 Å². The van der Waals surface area contributed by atoms with Crippen molar-refractivity contribution in [1.29, 1.82) is 0 Å². The van der Waals surface area contributed by atoms with Crippen LogP contribution in [0.15, 0.2) is 35.4 Å². The lowest BCUT2D eigenvalue weighted by atomic mass is 10.0. The Morgan fingerprint density at radius 2 is 1.65 bits per heavy atom. The highest BCUT2D eigenvalue weighted by Gasteiger charge is 2.06. The minimum absolute atomic E-state index is 0.0650. The fourth-order valence-corrected chi connectivity index (χ4v) is 2.08. The Morgan fingerprint density at radius 1 is 1.06 bits per heavy atom. The van der Waals surface area contributed by atoms with Gasteiger partial charge in [-0.25, -0.2) is 4.79 Å². The monoisotopic (exact) mass is 230 g/mol. The zero-order valence-corrected chi connectivity index (χ0v) is 10.6. The van der Waals surface area contributed by atoms with Crippen LogP contribution >= 0.6 is 0 Å². The first kappa shape index (κ1) is 11.7. The normalized spacial score (nSPS) is 10.8. The number of aryl methyl sites for hydroxylation is 3. The summed E-state index contributed by atoms with van der Waals surface area (Å²) < 4.78 is 3.48. The molecule has 90 valence electrons. The van der Waals surface area contributed by atoms with Crippen LogP contribution in [0.2, 0.25) is 0 Å². The van der Waals surface area contributed by atoms with Crippen LogP contribution in [-0.4, -0.2) is 9.13 Å². The van der Waals surface area contributed by atoms with Gasteiger partial charge in [-0.3, -0.25) is 9.13 Å². The molecule has 0 atom stereocenters. The third-order valence-corrected chi connectivity index (χ3v) is 3.23. The summed E-state index contributed by atoms with van der Waals surface area (Å²) in [6, 6.07) is 6.22. The largest absolute Gasteiger partial charge is 0.328 e. The first-order valence-electron chi connectivity index (χ1n) is 5.94. The summed E-state index contributed by atoms with van der Waals surface area (Å²) in [5.41, 5.74) is 3.78. The third-order valence-electron chi connectivity index (χ3n) is 3.23. The van der Waals surface area contributed by atoms with Crippen LogP contribution in [0.1, 0.15) is 23.6 Å². The van der Waals surface area contributed by atoms with Crippen LogP contribution in [0.3, 0.4) is 0 Å². The van der Waals surface area contributed by atoms with Gasteiger partial charge in [0.05, 0.1) is 6.54 Å². The lowest BCUT2D eigenvalue weighted by molar-refractivity contribution is 0.666. The topological polar surface area (TPSA) is 26.9 Å². The molecule has 1 aromatic heterocycles. The molecule has 0 aliphatic carbocycles. The molecule has 0 unspecified atom stereocenters. The molecule has 0 spiro atoms. The first-order valence-corrected chi connectivity index (χ1v) is 5.94. The second kappa shape index (κ2) is 4.62. The van der Waals surface area contributed by atoms with Gasteiger partial charge in [0.15, 0.2) is 0 Å². The molecule has 0 N–H and O–H groups in total. The van der Waals surface area contributed by atoms with Crippen molar-refractivity contribution in [2.45, 2.75) is 33.9 Å². The van der Waals surface area contributed by atoms with Crippen LogP contribution in [0, 0.1) is 13.8 Å². The van der Waals surface area contributed by atoms with E-state index in [2.05, 4.69) is 26.0 Å². The van der Waals surface area contributed by atoms with E-state index in [1.54, 1.807) is 9.13 Å². The molecule has 1 heterocycles. The van der Waals surface area contributed by atoms with Crippen molar-refractivity contribution in [3.8, 4) is 0 Å². The van der Waals surface area contributed by atoms with Gasteiger partial charge in [0.25, 0.3) is 0 Å². The number of nitrogens with zero attached hydrogens (tertiary/aromatic N) is 2. The molecule has 0 radical (unpaired) electrons. The number of hydrogen-bond donors (Lipinski definition) is 0. The van der Waals surface area contributed by atoms with Crippen molar-refractivity contribution in [3.63, 3.8) is 0 Å². The molecule has 0 bridgehead atoms. The van der Waals surface area contributed by atoms with Crippen LogP contribution < -0.4 is 5.69 Å². The van der Waals surface area contributed by atoms with Crippen molar-refractivity contribution >= 4 is 0 Å². The summed E-state index contributed by atoms with van der Waals surface area (Å²) in [5.74, 6) is 0. The minimum Gasteiger partial charge on any atom is -0.300 e. The summed E-state index contributed by atoms with van der Waals surface area (Å²) in [5, 5.41) is 0. The fourth-order valence-electron chi connectivity index (χ4n) is 2.08. The maximum absolute atomic E-state index is 12.0. The molecule has 17 heavy (non-hydrogen) atoms. The SMILES string of the molecule is CCn1ccn(Cc2c(C)cccc2C)c1=O. The highest BCUT2D eigenvalue weighted by Crippen LogP contribution is 2.13. The van der Waals surface area contributed by atoms with E-state index in [1.807, 2.05) is 25.4 Å². The lowest BCUT2D eigenvalue weighted by Crippen LogP contribution is -2.24. The van der Waals surface area contributed by atoms with Gasteiger partial charge in [0, 0.05) is 18.9 Å². The van der Waals surface area contributed by atoms with Gasteiger partial charge in [-0.15, -0.1) is 0 Å². The van der Waals surface area contributed by atoms with E-state index < -0.39 is 0 Å². The molecule has 0 saturated heterocycles. The number of rotatable bonds is 3. The molecule has 0 amide bonds. The van der Waals surface area contributed by atoms with Gasteiger partial charge >= 0.3 is 5.69 Å². The average molecular weight is 230 g/mol. The molecule has 0 saturated carbocycles. The van der Waals surface area contributed by atoms with E-state index in [4.69, 9.17) is 0 Å². The van der Waals surface area contributed by atoms with E-state index >= 15 is 0 Å². The van der Waals surface area contributed by atoms with Crippen molar-refractivity contribution < 1.29 is 0 Å². The molecule has 0 aliphatic heterocycles. The summed E-state index contributed by atoms with van der Waals surface area (Å²) >= 11 is 0. The van der Waals surface area contributed by atoms with Gasteiger partial charge in [-0.05, 0) is 37.5 Å². The molecule has 3 nitrogen and oxygen atoms in total. The smallest absolute Gasteiger partial charge is 0.300 e. The second-order valence-corrected chi connectivity index (χ2v) is 4.36. The zero-order chi connectivity index (χ0) is 12.4. The van der Waals surface area contributed by atoms with E-state index in [1.165, 1.54) is 16.7 Å². The Bertz CT molecular complexity index is 558. The zero-order valence-electron chi connectivity index (χ0n) is 10.6. The minimum atomic E-state index is 0.0650. The summed E-state index contributed by atoms with van der Waals surface area (Å²) in [4.78, 5) is 12.0. The predicted octanol–water partition coefficient (Wildman–Crippen LogP) is 2.33. The molecular formula is C14H18N2O. The van der Waals surface area contributed by atoms with Gasteiger partial charge in [0.1, 0.15) is 0 Å². The van der Waals surface area contributed by atoms with Gasteiger partial charge < -0.3 is 0 Å². The highest BCUT2D eigenvalue weighted by atomic mass is 16.1. The molecule has 1 aromatic carbocycles.